The van der Waals surface area contributed by atoms with Crippen molar-refractivity contribution >= 4 is 35.7 Å². The molecule has 1 amide bonds. The zero-order valence-electron chi connectivity index (χ0n) is 10.5. The van der Waals surface area contributed by atoms with Gasteiger partial charge in [0.05, 0.1) is 13.3 Å². The Morgan fingerprint density at radius 2 is 2.10 bits per heavy atom. The minimum Gasteiger partial charge on any atom is -0.452 e. The lowest BCUT2D eigenvalue weighted by atomic mass is 10.4. The molecule has 1 N–H and O–H groups in total. The SMILES string of the molecule is COC(=O)N/N=C\c1ccc(Sc2ccc(Cl)cc2)o1. The molecule has 20 heavy (non-hydrogen) atoms. The van der Waals surface area contributed by atoms with Crippen LogP contribution >= 0.6 is 23.4 Å². The van der Waals surface area contributed by atoms with Gasteiger partial charge in [0.25, 0.3) is 0 Å². The second-order valence-electron chi connectivity index (χ2n) is 3.57. The predicted octanol–water partition coefficient (Wildman–Crippen LogP) is 3.77. The third-order valence-electron chi connectivity index (χ3n) is 2.17. The van der Waals surface area contributed by atoms with E-state index in [0.29, 0.717) is 15.9 Å². The first-order valence-electron chi connectivity index (χ1n) is 5.57. The van der Waals surface area contributed by atoms with Gasteiger partial charge in [0.15, 0.2) is 5.09 Å². The molecule has 1 aromatic carbocycles. The van der Waals surface area contributed by atoms with Gasteiger partial charge in [-0.25, -0.2) is 10.2 Å². The Bertz CT molecular complexity index is 610. The average molecular weight is 311 g/mol. The van der Waals surface area contributed by atoms with Gasteiger partial charge >= 0.3 is 6.09 Å². The molecule has 1 aromatic heterocycles. The molecule has 0 spiro atoms. The van der Waals surface area contributed by atoms with Gasteiger partial charge in [-0.2, -0.15) is 5.10 Å². The van der Waals surface area contributed by atoms with Crippen LogP contribution in [0.2, 0.25) is 5.02 Å². The van der Waals surface area contributed by atoms with Crippen LogP contribution in [0, 0.1) is 0 Å². The summed E-state index contributed by atoms with van der Waals surface area (Å²) in [4.78, 5) is 11.8. The molecule has 0 saturated heterocycles. The number of ether oxygens (including phenoxy) is 1. The number of furan rings is 1. The number of amides is 1. The van der Waals surface area contributed by atoms with E-state index in [1.54, 1.807) is 6.07 Å². The van der Waals surface area contributed by atoms with Crippen molar-refractivity contribution in [1.82, 2.24) is 5.43 Å². The molecule has 1 heterocycles. The lowest BCUT2D eigenvalue weighted by Crippen LogP contribution is -2.16. The van der Waals surface area contributed by atoms with E-state index in [1.165, 1.54) is 25.1 Å². The van der Waals surface area contributed by atoms with Crippen LogP contribution in [-0.2, 0) is 4.74 Å². The van der Waals surface area contributed by atoms with Gasteiger partial charge in [0.2, 0.25) is 0 Å². The van der Waals surface area contributed by atoms with E-state index in [4.69, 9.17) is 16.0 Å². The Morgan fingerprint density at radius 1 is 1.35 bits per heavy atom. The molecule has 0 atom stereocenters. The van der Waals surface area contributed by atoms with Crippen molar-refractivity contribution in [3.8, 4) is 0 Å². The summed E-state index contributed by atoms with van der Waals surface area (Å²) in [5.41, 5.74) is 2.17. The second kappa shape index (κ2) is 7.02. The smallest absolute Gasteiger partial charge is 0.427 e. The van der Waals surface area contributed by atoms with Gasteiger partial charge in [-0.3, -0.25) is 0 Å². The van der Waals surface area contributed by atoms with Crippen LogP contribution < -0.4 is 5.43 Å². The lowest BCUT2D eigenvalue weighted by Gasteiger charge is -1.97. The topological polar surface area (TPSA) is 63.8 Å². The average Bonchev–Trinajstić information content (AvgIpc) is 2.89. The maximum absolute atomic E-state index is 10.8. The van der Waals surface area contributed by atoms with E-state index in [2.05, 4.69) is 15.3 Å². The predicted molar refractivity (Wildman–Crippen MR) is 77.4 cm³/mol. The highest BCUT2D eigenvalue weighted by molar-refractivity contribution is 7.99. The number of nitrogens with zero attached hydrogens (tertiary/aromatic N) is 1. The van der Waals surface area contributed by atoms with Crippen molar-refractivity contribution in [2.75, 3.05) is 7.11 Å². The van der Waals surface area contributed by atoms with Gasteiger partial charge in [-0.1, -0.05) is 23.4 Å². The first-order valence-corrected chi connectivity index (χ1v) is 6.77. The Hall–Kier alpha value is -1.92. The molecule has 2 aromatic rings. The summed E-state index contributed by atoms with van der Waals surface area (Å²) in [6.45, 7) is 0. The zero-order valence-corrected chi connectivity index (χ0v) is 12.1. The van der Waals surface area contributed by atoms with E-state index in [9.17, 15) is 4.79 Å². The number of hydrogen-bond donors (Lipinski definition) is 1. The largest absolute Gasteiger partial charge is 0.452 e. The van der Waals surface area contributed by atoms with Crippen molar-refractivity contribution in [2.45, 2.75) is 9.99 Å². The van der Waals surface area contributed by atoms with Crippen LogP contribution in [0.4, 0.5) is 4.79 Å². The fraction of sp³-hybridized carbons (Fsp3) is 0.0769. The standard InChI is InChI=1S/C13H11ClN2O3S/c1-18-13(17)16-15-8-10-4-7-12(19-10)20-11-5-2-9(14)3-6-11/h2-8H,1H3,(H,16,17)/b15-8-. The third-order valence-corrected chi connectivity index (χ3v) is 3.35. The Labute approximate surface area is 124 Å². The first-order chi connectivity index (χ1) is 9.67. The molecule has 104 valence electrons. The summed E-state index contributed by atoms with van der Waals surface area (Å²) >= 11 is 7.28. The number of halogens is 1. The normalized spacial score (nSPS) is 10.7. The van der Waals surface area contributed by atoms with Crippen LogP contribution in [0.15, 0.2) is 55.9 Å². The van der Waals surface area contributed by atoms with Gasteiger partial charge in [0.1, 0.15) is 5.76 Å². The quantitative estimate of drug-likeness (QED) is 0.689. The maximum Gasteiger partial charge on any atom is 0.427 e. The third kappa shape index (κ3) is 4.32. The summed E-state index contributed by atoms with van der Waals surface area (Å²) in [6.07, 6.45) is 0.756. The molecule has 2 rings (SSSR count). The van der Waals surface area contributed by atoms with Crippen molar-refractivity contribution in [1.29, 1.82) is 0 Å². The minimum absolute atomic E-state index is 0.526. The number of nitrogens with one attached hydrogen (secondary N) is 1. The first kappa shape index (κ1) is 14.5. The van der Waals surface area contributed by atoms with Crippen molar-refractivity contribution in [3.05, 3.63) is 47.2 Å². The van der Waals surface area contributed by atoms with E-state index < -0.39 is 6.09 Å². The number of hydrazone groups is 1. The summed E-state index contributed by atoms with van der Waals surface area (Å²) < 4.78 is 9.89. The fourth-order valence-corrected chi connectivity index (χ4v) is 2.18. The minimum atomic E-state index is -0.636. The Balaban J connectivity index is 1.95. The maximum atomic E-state index is 10.8. The molecular formula is C13H11ClN2O3S. The van der Waals surface area contributed by atoms with E-state index in [-0.39, 0.29) is 0 Å². The van der Waals surface area contributed by atoms with Crippen LogP contribution in [0.3, 0.4) is 0 Å². The van der Waals surface area contributed by atoms with Gasteiger partial charge in [-0.15, -0.1) is 0 Å². The van der Waals surface area contributed by atoms with Crippen molar-refractivity contribution < 1.29 is 13.9 Å². The van der Waals surface area contributed by atoms with Crippen LogP contribution in [0.25, 0.3) is 0 Å². The molecule has 0 aliphatic carbocycles. The van der Waals surface area contributed by atoms with Crippen molar-refractivity contribution in [3.63, 3.8) is 0 Å². The molecule has 0 bridgehead atoms. The highest BCUT2D eigenvalue weighted by atomic mass is 35.5. The molecule has 0 aliphatic rings. The van der Waals surface area contributed by atoms with E-state index in [0.717, 1.165) is 4.90 Å². The lowest BCUT2D eigenvalue weighted by molar-refractivity contribution is 0.171. The number of carbonyl (C=O) groups is 1. The number of rotatable bonds is 4. The molecule has 0 unspecified atom stereocenters. The highest BCUT2D eigenvalue weighted by Gasteiger charge is 2.03. The number of methoxy groups -OCH3 is 1. The molecule has 5 nitrogen and oxygen atoms in total. The van der Waals surface area contributed by atoms with Gasteiger partial charge in [0, 0.05) is 9.92 Å². The monoisotopic (exact) mass is 310 g/mol. The van der Waals surface area contributed by atoms with Gasteiger partial charge < -0.3 is 9.15 Å². The van der Waals surface area contributed by atoms with E-state index in [1.807, 2.05) is 30.3 Å². The molecule has 7 heteroatoms. The second-order valence-corrected chi connectivity index (χ2v) is 5.09. The summed E-state index contributed by atoms with van der Waals surface area (Å²) in [5.74, 6) is 0.526. The number of benzene rings is 1. The summed E-state index contributed by atoms with van der Waals surface area (Å²) in [7, 11) is 1.26. The fourth-order valence-electron chi connectivity index (χ4n) is 1.27. The van der Waals surface area contributed by atoms with Crippen molar-refractivity contribution in [2.24, 2.45) is 5.10 Å². The van der Waals surface area contributed by atoms with Crippen LogP contribution in [-0.4, -0.2) is 19.4 Å². The Morgan fingerprint density at radius 3 is 2.80 bits per heavy atom. The number of carbonyl (C=O) groups excluding carboxylic acids is 1. The van der Waals surface area contributed by atoms with E-state index >= 15 is 0 Å². The number of hydrogen-bond acceptors (Lipinski definition) is 5. The van der Waals surface area contributed by atoms with Gasteiger partial charge in [-0.05, 0) is 36.4 Å². The summed E-state index contributed by atoms with van der Waals surface area (Å²) in [6, 6.07) is 11.0. The molecular weight excluding hydrogens is 300 g/mol. The molecule has 0 fully saturated rings. The molecule has 0 aliphatic heterocycles. The zero-order chi connectivity index (χ0) is 14.4. The molecule has 0 saturated carbocycles. The summed E-state index contributed by atoms with van der Waals surface area (Å²) in [5, 5.41) is 5.08. The highest BCUT2D eigenvalue weighted by Crippen LogP contribution is 2.29. The Kier molecular flexibility index (Phi) is 5.09. The van der Waals surface area contributed by atoms with Crippen LogP contribution in [0.5, 0.6) is 0 Å². The van der Waals surface area contributed by atoms with Crippen LogP contribution in [0.1, 0.15) is 5.76 Å². The molecule has 0 radical (unpaired) electrons.